The maximum atomic E-state index is 11.8. The molecule has 1 aromatic carbocycles. The van der Waals surface area contributed by atoms with Crippen molar-refractivity contribution in [2.24, 2.45) is 0 Å². The highest BCUT2D eigenvalue weighted by molar-refractivity contribution is 5.40. The Balaban J connectivity index is 1.75. The average Bonchev–Trinajstić information content (AvgIpc) is 2.65. The average molecular weight is 261 g/mol. The van der Waals surface area contributed by atoms with Crippen molar-refractivity contribution in [3.8, 4) is 5.75 Å². The van der Waals surface area contributed by atoms with Crippen molar-refractivity contribution >= 4 is 0 Å². The Labute approximate surface area is 103 Å². The second-order valence-electron chi connectivity index (χ2n) is 4.31. The number of hydrogen-bond donors (Lipinski definition) is 1. The summed E-state index contributed by atoms with van der Waals surface area (Å²) in [7, 11) is 0. The number of benzene rings is 1. The third-order valence-electron chi connectivity index (χ3n) is 2.61. The Morgan fingerprint density at radius 1 is 1.44 bits per heavy atom. The van der Waals surface area contributed by atoms with Crippen LogP contribution in [0.15, 0.2) is 18.2 Å². The quantitative estimate of drug-likeness (QED) is 0.666. The largest absolute Gasteiger partial charge is 0.488 e. The number of hydroxylamine groups is 1. The molecule has 1 aliphatic rings. The standard InChI is InChI=1S/C12H14F3NO2/c1-8-2-3-11-9(4-8)5-10(18-11)6-16-17-7-12(13,14)15/h2-4,10,16H,5-7H2,1H3. The highest BCUT2D eigenvalue weighted by Gasteiger charge is 2.28. The lowest BCUT2D eigenvalue weighted by Gasteiger charge is -2.12. The van der Waals surface area contributed by atoms with Crippen LogP contribution in [0.4, 0.5) is 13.2 Å². The van der Waals surface area contributed by atoms with Gasteiger partial charge in [0, 0.05) is 6.42 Å². The van der Waals surface area contributed by atoms with Gasteiger partial charge in [-0.25, -0.2) is 0 Å². The van der Waals surface area contributed by atoms with E-state index in [2.05, 4.69) is 10.3 Å². The molecule has 1 unspecified atom stereocenters. The number of ether oxygens (including phenoxy) is 1. The number of hydrogen-bond acceptors (Lipinski definition) is 3. The number of rotatable bonds is 4. The number of alkyl halides is 3. The smallest absolute Gasteiger partial charge is 0.413 e. The minimum atomic E-state index is -4.32. The first-order chi connectivity index (χ1) is 8.44. The highest BCUT2D eigenvalue weighted by atomic mass is 19.4. The van der Waals surface area contributed by atoms with E-state index < -0.39 is 12.8 Å². The van der Waals surface area contributed by atoms with E-state index in [9.17, 15) is 13.2 Å². The molecular formula is C12H14F3NO2. The van der Waals surface area contributed by atoms with Gasteiger partial charge in [0.15, 0.2) is 6.61 Å². The molecule has 1 heterocycles. The number of halogens is 3. The summed E-state index contributed by atoms with van der Waals surface area (Å²) in [5.74, 6) is 0.795. The highest BCUT2D eigenvalue weighted by Crippen LogP contribution is 2.29. The molecule has 1 aromatic rings. The Morgan fingerprint density at radius 2 is 2.22 bits per heavy atom. The van der Waals surface area contributed by atoms with Gasteiger partial charge < -0.3 is 4.74 Å². The van der Waals surface area contributed by atoms with Crippen molar-refractivity contribution in [2.75, 3.05) is 13.2 Å². The fourth-order valence-corrected chi connectivity index (χ4v) is 1.85. The molecule has 6 heteroatoms. The third-order valence-corrected chi connectivity index (χ3v) is 2.61. The van der Waals surface area contributed by atoms with E-state index in [4.69, 9.17) is 4.74 Å². The normalized spacial score (nSPS) is 18.6. The van der Waals surface area contributed by atoms with Crippen molar-refractivity contribution in [1.29, 1.82) is 0 Å². The molecule has 2 rings (SSSR count). The molecular weight excluding hydrogens is 247 g/mol. The second-order valence-corrected chi connectivity index (χ2v) is 4.31. The molecule has 0 aliphatic carbocycles. The molecule has 1 aliphatic heterocycles. The van der Waals surface area contributed by atoms with Crippen LogP contribution in [-0.2, 0) is 11.3 Å². The van der Waals surface area contributed by atoms with Crippen LogP contribution in [0.3, 0.4) is 0 Å². The molecule has 0 fully saturated rings. The van der Waals surface area contributed by atoms with Crippen molar-refractivity contribution in [2.45, 2.75) is 25.6 Å². The molecule has 100 valence electrons. The molecule has 1 atom stereocenters. The molecule has 0 aromatic heterocycles. The summed E-state index contributed by atoms with van der Waals surface area (Å²) in [5, 5.41) is 0. The van der Waals surface area contributed by atoms with Gasteiger partial charge in [0.25, 0.3) is 0 Å². The lowest BCUT2D eigenvalue weighted by molar-refractivity contribution is -0.190. The summed E-state index contributed by atoms with van der Waals surface area (Å²) in [6.07, 6.45) is -3.82. The maximum absolute atomic E-state index is 11.8. The molecule has 0 spiro atoms. The van der Waals surface area contributed by atoms with Gasteiger partial charge >= 0.3 is 6.18 Å². The number of fused-ring (bicyclic) bond motifs is 1. The summed E-state index contributed by atoms with van der Waals surface area (Å²) in [5.41, 5.74) is 4.51. The summed E-state index contributed by atoms with van der Waals surface area (Å²) in [6, 6.07) is 5.84. The van der Waals surface area contributed by atoms with Gasteiger partial charge in [-0.1, -0.05) is 17.7 Å². The van der Waals surface area contributed by atoms with Crippen LogP contribution < -0.4 is 10.2 Å². The van der Waals surface area contributed by atoms with E-state index in [-0.39, 0.29) is 12.6 Å². The van der Waals surface area contributed by atoms with Crippen LogP contribution in [0.5, 0.6) is 5.75 Å². The van der Waals surface area contributed by atoms with Crippen LogP contribution in [0.2, 0.25) is 0 Å². The zero-order valence-corrected chi connectivity index (χ0v) is 9.88. The maximum Gasteiger partial charge on any atom is 0.413 e. The molecule has 0 bridgehead atoms. The van der Waals surface area contributed by atoms with Crippen LogP contribution in [0.25, 0.3) is 0 Å². The van der Waals surface area contributed by atoms with Gasteiger partial charge in [-0.2, -0.15) is 18.7 Å². The molecule has 0 radical (unpaired) electrons. The van der Waals surface area contributed by atoms with Crippen molar-refractivity contribution < 1.29 is 22.7 Å². The fraction of sp³-hybridized carbons (Fsp3) is 0.500. The van der Waals surface area contributed by atoms with E-state index in [1.807, 2.05) is 25.1 Å². The van der Waals surface area contributed by atoms with E-state index >= 15 is 0 Å². The monoisotopic (exact) mass is 261 g/mol. The lowest BCUT2D eigenvalue weighted by atomic mass is 10.1. The van der Waals surface area contributed by atoms with Crippen LogP contribution >= 0.6 is 0 Å². The van der Waals surface area contributed by atoms with Crippen molar-refractivity contribution in [3.05, 3.63) is 29.3 Å². The lowest BCUT2D eigenvalue weighted by Crippen LogP contribution is -2.33. The number of aryl methyl sites for hydroxylation is 1. The summed E-state index contributed by atoms with van der Waals surface area (Å²) in [6.45, 7) is 0.911. The zero-order valence-electron chi connectivity index (χ0n) is 9.88. The van der Waals surface area contributed by atoms with Gasteiger partial charge in [-0.3, -0.25) is 4.84 Å². The first kappa shape index (κ1) is 13.2. The molecule has 0 saturated heterocycles. The van der Waals surface area contributed by atoms with Gasteiger partial charge in [0.2, 0.25) is 0 Å². The van der Waals surface area contributed by atoms with Gasteiger partial charge in [0.1, 0.15) is 11.9 Å². The second kappa shape index (κ2) is 5.16. The van der Waals surface area contributed by atoms with Crippen LogP contribution in [0.1, 0.15) is 11.1 Å². The minimum Gasteiger partial charge on any atom is -0.488 e. The molecule has 3 nitrogen and oxygen atoms in total. The van der Waals surface area contributed by atoms with Gasteiger partial charge in [-0.15, -0.1) is 0 Å². The molecule has 0 amide bonds. The Hall–Kier alpha value is -1.27. The predicted octanol–water partition coefficient (Wildman–Crippen LogP) is 2.38. The van der Waals surface area contributed by atoms with E-state index in [1.54, 1.807) is 0 Å². The van der Waals surface area contributed by atoms with E-state index in [0.717, 1.165) is 16.9 Å². The third kappa shape index (κ3) is 3.61. The predicted molar refractivity (Wildman–Crippen MR) is 59.3 cm³/mol. The molecule has 0 saturated carbocycles. The van der Waals surface area contributed by atoms with Gasteiger partial charge in [0.05, 0.1) is 6.54 Å². The van der Waals surface area contributed by atoms with Gasteiger partial charge in [-0.05, 0) is 18.6 Å². The van der Waals surface area contributed by atoms with Crippen LogP contribution in [0, 0.1) is 6.92 Å². The van der Waals surface area contributed by atoms with E-state index in [1.165, 1.54) is 0 Å². The van der Waals surface area contributed by atoms with E-state index in [0.29, 0.717) is 6.42 Å². The van der Waals surface area contributed by atoms with Crippen LogP contribution in [-0.4, -0.2) is 25.4 Å². The minimum absolute atomic E-state index is 0.185. The first-order valence-corrected chi connectivity index (χ1v) is 5.61. The molecule has 1 N–H and O–H groups in total. The Bertz CT molecular complexity index is 420. The summed E-state index contributed by atoms with van der Waals surface area (Å²) >= 11 is 0. The first-order valence-electron chi connectivity index (χ1n) is 5.61. The Morgan fingerprint density at radius 3 is 2.94 bits per heavy atom. The fourth-order valence-electron chi connectivity index (χ4n) is 1.85. The van der Waals surface area contributed by atoms with Crippen molar-refractivity contribution in [3.63, 3.8) is 0 Å². The summed E-state index contributed by atoms with van der Waals surface area (Å²) in [4.78, 5) is 4.33. The Kier molecular flexibility index (Phi) is 3.77. The SMILES string of the molecule is Cc1ccc2c(c1)CC(CNOCC(F)(F)F)O2. The summed E-state index contributed by atoms with van der Waals surface area (Å²) < 4.78 is 41.0. The topological polar surface area (TPSA) is 30.5 Å². The molecule has 18 heavy (non-hydrogen) atoms. The van der Waals surface area contributed by atoms with Crippen molar-refractivity contribution in [1.82, 2.24) is 5.48 Å². The number of nitrogens with one attached hydrogen (secondary N) is 1. The zero-order chi connectivity index (χ0) is 13.2.